The van der Waals surface area contributed by atoms with E-state index in [2.05, 4.69) is 10.6 Å². The van der Waals surface area contributed by atoms with E-state index in [0.717, 1.165) is 0 Å². The summed E-state index contributed by atoms with van der Waals surface area (Å²) in [6.45, 7) is 2.58. The number of nitrogens with one attached hydrogen (secondary N) is 2. The third kappa shape index (κ3) is 6.10. The van der Waals surface area contributed by atoms with E-state index in [1.807, 2.05) is 0 Å². The first-order valence-corrected chi connectivity index (χ1v) is 8.64. The van der Waals surface area contributed by atoms with Crippen molar-refractivity contribution in [2.24, 2.45) is 0 Å². The highest BCUT2D eigenvalue weighted by Gasteiger charge is 2.15. The van der Waals surface area contributed by atoms with Crippen molar-refractivity contribution in [1.82, 2.24) is 5.32 Å². The van der Waals surface area contributed by atoms with Gasteiger partial charge in [0.15, 0.2) is 11.5 Å². The monoisotopic (exact) mass is 398 g/mol. The Bertz CT molecular complexity index is 952. The molecule has 29 heavy (non-hydrogen) atoms. The zero-order chi connectivity index (χ0) is 21.4. The van der Waals surface area contributed by atoms with Crippen LogP contribution in [0, 0.1) is 0 Å². The number of hydrogen-bond donors (Lipinski definition) is 2. The summed E-state index contributed by atoms with van der Waals surface area (Å²) in [5, 5.41) is 5.22. The second kappa shape index (κ2) is 9.93. The molecule has 0 fully saturated rings. The maximum atomic E-state index is 12.7. The number of amides is 2. The third-order valence-corrected chi connectivity index (χ3v) is 3.66. The first-order chi connectivity index (χ1) is 13.8. The second-order valence-electron chi connectivity index (χ2n) is 5.90. The number of methoxy groups -OCH3 is 2. The average Bonchev–Trinajstić information content (AvgIpc) is 2.68. The number of para-hydroxylation sites is 2. The molecule has 0 saturated heterocycles. The van der Waals surface area contributed by atoms with Crippen LogP contribution in [0.5, 0.6) is 17.2 Å². The molecule has 2 rings (SSSR count). The van der Waals surface area contributed by atoms with E-state index in [1.165, 1.54) is 40.2 Å². The van der Waals surface area contributed by atoms with Gasteiger partial charge in [-0.3, -0.25) is 14.4 Å². The Kier molecular flexibility index (Phi) is 7.36. The number of hydrogen-bond acceptors (Lipinski definition) is 6. The van der Waals surface area contributed by atoms with Gasteiger partial charge in [0, 0.05) is 13.8 Å². The molecule has 2 aromatic rings. The van der Waals surface area contributed by atoms with Crippen molar-refractivity contribution in [3.63, 3.8) is 0 Å². The molecule has 0 aromatic heterocycles. The molecule has 0 heterocycles. The number of rotatable bonds is 7. The lowest BCUT2D eigenvalue weighted by Crippen LogP contribution is -2.29. The molecule has 2 amide bonds. The second-order valence-corrected chi connectivity index (χ2v) is 5.90. The summed E-state index contributed by atoms with van der Waals surface area (Å²) in [7, 11) is 2.92. The quantitative estimate of drug-likeness (QED) is 0.422. The molecule has 0 unspecified atom stereocenters. The molecule has 8 heteroatoms. The molecule has 152 valence electrons. The molecular weight excluding hydrogens is 376 g/mol. The van der Waals surface area contributed by atoms with Crippen LogP contribution in [0.15, 0.2) is 48.2 Å². The molecule has 0 atom stereocenters. The van der Waals surface area contributed by atoms with Gasteiger partial charge in [-0.1, -0.05) is 18.2 Å². The van der Waals surface area contributed by atoms with Crippen molar-refractivity contribution in [3.05, 3.63) is 53.7 Å². The molecular formula is C21H22N2O6. The van der Waals surface area contributed by atoms with Crippen LogP contribution in [0.25, 0.3) is 6.08 Å². The lowest BCUT2D eigenvalue weighted by Gasteiger charge is -2.13. The normalized spacial score (nSPS) is 10.7. The van der Waals surface area contributed by atoms with Crippen LogP contribution in [-0.2, 0) is 14.4 Å². The predicted molar refractivity (Wildman–Crippen MR) is 108 cm³/mol. The Labute approximate surface area is 168 Å². The Morgan fingerprint density at radius 1 is 0.897 bits per heavy atom. The average molecular weight is 398 g/mol. The Hall–Kier alpha value is -3.81. The van der Waals surface area contributed by atoms with Crippen molar-refractivity contribution >= 4 is 29.5 Å². The standard InChI is InChI=1S/C21H22N2O6/c1-13(24)22-17(21(26)23-16-7-5-6-8-18(16)27-3)11-15-9-10-19(29-14(2)25)20(12-15)28-4/h5-12H,1-4H3,(H,22,24)(H,23,26). The lowest BCUT2D eigenvalue weighted by molar-refractivity contribution is -0.132. The Balaban J connectivity index is 2.36. The van der Waals surface area contributed by atoms with Crippen LogP contribution in [0.4, 0.5) is 5.69 Å². The first-order valence-electron chi connectivity index (χ1n) is 8.64. The van der Waals surface area contributed by atoms with Gasteiger partial charge in [-0.05, 0) is 35.9 Å². The number of ether oxygens (including phenoxy) is 3. The van der Waals surface area contributed by atoms with Crippen LogP contribution in [0.3, 0.4) is 0 Å². The van der Waals surface area contributed by atoms with E-state index in [9.17, 15) is 14.4 Å². The van der Waals surface area contributed by atoms with Crippen molar-refractivity contribution in [1.29, 1.82) is 0 Å². The highest BCUT2D eigenvalue weighted by atomic mass is 16.6. The summed E-state index contributed by atoms with van der Waals surface area (Å²) in [4.78, 5) is 35.5. The van der Waals surface area contributed by atoms with Crippen molar-refractivity contribution in [3.8, 4) is 17.2 Å². The van der Waals surface area contributed by atoms with Gasteiger partial charge in [-0.15, -0.1) is 0 Å². The van der Waals surface area contributed by atoms with Crippen molar-refractivity contribution < 1.29 is 28.6 Å². The van der Waals surface area contributed by atoms with Gasteiger partial charge in [0.2, 0.25) is 5.91 Å². The van der Waals surface area contributed by atoms with Gasteiger partial charge in [-0.2, -0.15) is 0 Å². The summed E-state index contributed by atoms with van der Waals surface area (Å²) >= 11 is 0. The predicted octanol–water partition coefficient (Wildman–Crippen LogP) is 2.74. The molecule has 8 nitrogen and oxygen atoms in total. The minimum absolute atomic E-state index is 0.0192. The maximum absolute atomic E-state index is 12.7. The van der Waals surface area contributed by atoms with Gasteiger partial charge >= 0.3 is 5.97 Å². The van der Waals surface area contributed by atoms with E-state index in [1.54, 1.807) is 36.4 Å². The van der Waals surface area contributed by atoms with Gasteiger partial charge in [0.1, 0.15) is 11.4 Å². The van der Waals surface area contributed by atoms with Crippen LogP contribution in [0.1, 0.15) is 19.4 Å². The number of benzene rings is 2. The molecule has 0 spiro atoms. The van der Waals surface area contributed by atoms with E-state index >= 15 is 0 Å². The number of esters is 1. The minimum Gasteiger partial charge on any atom is -0.495 e. The molecule has 0 aliphatic rings. The molecule has 0 aliphatic carbocycles. The number of anilines is 1. The summed E-state index contributed by atoms with van der Waals surface area (Å²) in [5.41, 5.74) is 1.03. The van der Waals surface area contributed by atoms with Crippen LogP contribution in [0.2, 0.25) is 0 Å². The summed E-state index contributed by atoms with van der Waals surface area (Å²) in [6.07, 6.45) is 1.48. The van der Waals surface area contributed by atoms with E-state index in [4.69, 9.17) is 14.2 Å². The molecule has 0 saturated carbocycles. The topological polar surface area (TPSA) is 103 Å². The smallest absolute Gasteiger partial charge is 0.308 e. The van der Waals surface area contributed by atoms with Gasteiger partial charge < -0.3 is 24.8 Å². The van der Waals surface area contributed by atoms with Crippen molar-refractivity contribution in [2.75, 3.05) is 19.5 Å². The highest BCUT2D eigenvalue weighted by Crippen LogP contribution is 2.29. The fourth-order valence-corrected chi connectivity index (χ4v) is 2.47. The van der Waals surface area contributed by atoms with Gasteiger partial charge in [0.25, 0.3) is 5.91 Å². The van der Waals surface area contributed by atoms with Crippen LogP contribution >= 0.6 is 0 Å². The Morgan fingerprint density at radius 2 is 1.59 bits per heavy atom. The SMILES string of the molecule is COc1ccccc1NC(=O)C(=Cc1ccc(OC(C)=O)c(OC)c1)NC(C)=O. The fraction of sp³-hybridized carbons (Fsp3) is 0.190. The summed E-state index contributed by atoms with van der Waals surface area (Å²) < 4.78 is 15.5. The first kappa shape index (κ1) is 21.5. The third-order valence-electron chi connectivity index (χ3n) is 3.66. The van der Waals surface area contributed by atoms with Crippen LogP contribution < -0.4 is 24.8 Å². The van der Waals surface area contributed by atoms with E-state index in [-0.39, 0.29) is 11.4 Å². The number of carbonyl (C=O) groups is 3. The zero-order valence-electron chi connectivity index (χ0n) is 16.6. The van der Waals surface area contributed by atoms with Gasteiger partial charge in [-0.25, -0.2) is 0 Å². The molecule has 0 radical (unpaired) electrons. The number of carbonyl (C=O) groups excluding carboxylic acids is 3. The zero-order valence-corrected chi connectivity index (χ0v) is 16.6. The minimum atomic E-state index is -0.535. The fourth-order valence-electron chi connectivity index (χ4n) is 2.47. The van der Waals surface area contributed by atoms with E-state index in [0.29, 0.717) is 22.7 Å². The molecule has 0 bridgehead atoms. The Morgan fingerprint density at radius 3 is 2.21 bits per heavy atom. The summed E-state index contributed by atoms with van der Waals surface area (Å²) in [6, 6.07) is 11.6. The highest BCUT2D eigenvalue weighted by molar-refractivity contribution is 6.09. The lowest BCUT2D eigenvalue weighted by atomic mass is 10.1. The van der Waals surface area contributed by atoms with E-state index < -0.39 is 17.8 Å². The maximum Gasteiger partial charge on any atom is 0.308 e. The largest absolute Gasteiger partial charge is 0.495 e. The summed E-state index contributed by atoms with van der Waals surface area (Å²) in [5.74, 6) is -0.391. The van der Waals surface area contributed by atoms with Crippen molar-refractivity contribution in [2.45, 2.75) is 13.8 Å². The molecule has 0 aliphatic heterocycles. The molecule has 2 aromatic carbocycles. The van der Waals surface area contributed by atoms with Crippen LogP contribution in [-0.4, -0.2) is 32.0 Å². The van der Waals surface area contributed by atoms with Gasteiger partial charge in [0.05, 0.1) is 19.9 Å². The molecule has 2 N–H and O–H groups in total.